The summed E-state index contributed by atoms with van der Waals surface area (Å²) in [7, 11) is 0. The van der Waals surface area contributed by atoms with E-state index in [2.05, 4.69) is 10.2 Å². The van der Waals surface area contributed by atoms with Crippen LogP contribution in [0.25, 0.3) is 11.1 Å². The zero-order chi connectivity index (χ0) is 10.8. The standard InChI is InChI=1S/C10H7Cl2N3/c11-8-2-1-6(3-9(8)12)7-4-14-15-5-10(7)13/h1-5H,(H2,13,14). The third-order valence-electron chi connectivity index (χ3n) is 1.99. The lowest BCUT2D eigenvalue weighted by Gasteiger charge is -2.05. The van der Waals surface area contributed by atoms with Gasteiger partial charge in [-0.1, -0.05) is 29.3 Å². The maximum absolute atomic E-state index is 5.91. The van der Waals surface area contributed by atoms with Crippen molar-refractivity contribution < 1.29 is 0 Å². The van der Waals surface area contributed by atoms with E-state index in [0.717, 1.165) is 11.1 Å². The first-order valence-corrected chi connectivity index (χ1v) is 4.95. The molecule has 0 saturated carbocycles. The van der Waals surface area contributed by atoms with Crippen LogP contribution in [0.4, 0.5) is 5.69 Å². The summed E-state index contributed by atoms with van der Waals surface area (Å²) in [5.74, 6) is 0. The van der Waals surface area contributed by atoms with E-state index in [1.165, 1.54) is 6.20 Å². The highest BCUT2D eigenvalue weighted by Gasteiger charge is 2.05. The van der Waals surface area contributed by atoms with Gasteiger partial charge in [0.05, 0.1) is 28.1 Å². The van der Waals surface area contributed by atoms with Crippen LogP contribution >= 0.6 is 23.2 Å². The smallest absolute Gasteiger partial charge is 0.0732 e. The number of hydrogen-bond donors (Lipinski definition) is 1. The van der Waals surface area contributed by atoms with Gasteiger partial charge in [-0.05, 0) is 17.7 Å². The van der Waals surface area contributed by atoms with E-state index >= 15 is 0 Å². The van der Waals surface area contributed by atoms with Gasteiger partial charge in [-0.15, -0.1) is 0 Å². The Kier molecular flexibility index (Phi) is 2.75. The van der Waals surface area contributed by atoms with Crippen molar-refractivity contribution in [1.29, 1.82) is 0 Å². The molecule has 15 heavy (non-hydrogen) atoms. The molecule has 5 heteroatoms. The summed E-state index contributed by atoms with van der Waals surface area (Å²) >= 11 is 11.7. The first-order chi connectivity index (χ1) is 7.18. The normalized spacial score (nSPS) is 10.3. The van der Waals surface area contributed by atoms with Gasteiger partial charge in [-0.25, -0.2) is 0 Å². The third-order valence-corrected chi connectivity index (χ3v) is 2.73. The molecule has 0 aliphatic carbocycles. The second kappa shape index (κ2) is 4.04. The predicted octanol–water partition coefficient (Wildman–Crippen LogP) is 3.03. The molecule has 2 aromatic rings. The van der Waals surface area contributed by atoms with E-state index in [1.807, 2.05) is 6.07 Å². The molecule has 0 saturated heterocycles. The molecule has 3 nitrogen and oxygen atoms in total. The van der Waals surface area contributed by atoms with E-state index in [0.29, 0.717) is 15.7 Å². The molecule has 2 rings (SSSR count). The highest BCUT2D eigenvalue weighted by Crippen LogP contribution is 2.30. The lowest BCUT2D eigenvalue weighted by molar-refractivity contribution is 1.04. The Morgan fingerprint density at radius 3 is 2.40 bits per heavy atom. The SMILES string of the molecule is Nc1cnncc1-c1ccc(Cl)c(Cl)c1. The molecular weight excluding hydrogens is 233 g/mol. The van der Waals surface area contributed by atoms with E-state index < -0.39 is 0 Å². The third kappa shape index (κ3) is 2.03. The number of aromatic nitrogens is 2. The minimum absolute atomic E-state index is 0.491. The maximum Gasteiger partial charge on any atom is 0.0732 e. The molecule has 0 spiro atoms. The summed E-state index contributed by atoms with van der Waals surface area (Å²) in [4.78, 5) is 0. The molecule has 0 aliphatic heterocycles. The number of rotatable bonds is 1. The van der Waals surface area contributed by atoms with Crippen LogP contribution in [-0.2, 0) is 0 Å². The van der Waals surface area contributed by atoms with Gasteiger partial charge in [-0.2, -0.15) is 10.2 Å². The van der Waals surface area contributed by atoms with Gasteiger partial charge < -0.3 is 5.73 Å². The Morgan fingerprint density at radius 1 is 1.00 bits per heavy atom. The van der Waals surface area contributed by atoms with Gasteiger partial charge in [0.15, 0.2) is 0 Å². The number of nitrogens with zero attached hydrogens (tertiary/aromatic N) is 2. The fraction of sp³-hybridized carbons (Fsp3) is 0. The van der Waals surface area contributed by atoms with Crippen molar-refractivity contribution in [3.05, 3.63) is 40.6 Å². The van der Waals surface area contributed by atoms with Crippen LogP contribution in [0.3, 0.4) is 0 Å². The molecule has 0 unspecified atom stereocenters. The van der Waals surface area contributed by atoms with Gasteiger partial charge >= 0.3 is 0 Å². The molecule has 0 radical (unpaired) electrons. The maximum atomic E-state index is 5.91. The van der Waals surface area contributed by atoms with E-state index in [9.17, 15) is 0 Å². The topological polar surface area (TPSA) is 51.8 Å². The van der Waals surface area contributed by atoms with Crippen molar-refractivity contribution in [3.8, 4) is 11.1 Å². The lowest BCUT2D eigenvalue weighted by Crippen LogP contribution is -1.93. The van der Waals surface area contributed by atoms with Crippen LogP contribution in [0.1, 0.15) is 0 Å². The molecule has 1 aromatic heterocycles. The number of benzene rings is 1. The highest BCUT2D eigenvalue weighted by molar-refractivity contribution is 6.42. The predicted molar refractivity (Wildman–Crippen MR) is 61.9 cm³/mol. The van der Waals surface area contributed by atoms with Gasteiger partial charge in [0.25, 0.3) is 0 Å². The van der Waals surface area contributed by atoms with E-state index in [-0.39, 0.29) is 0 Å². The van der Waals surface area contributed by atoms with Gasteiger partial charge in [-0.3, -0.25) is 0 Å². The summed E-state index contributed by atoms with van der Waals surface area (Å²) in [6.45, 7) is 0. The number of hydrogen-bond acceptors (Lipinski definition) is 3. The number of anilines is 1. The highest BCUT2D eigenvalue weighted by atomic mass is 35.5. The summed E-state index contributed by atoms with van der Waals surface area (Å²) < 4.78 is 0. The molecule has 0 atom stereocenters. The van der Waals surface area contributed by atoms with Gasteiger partial charge in [0.2, 0.25) is 0 Å². The minimum atomic E-state index is 0.491. The summed E-state index contributed by atoms with van der Waals surface area (Å²) in [6, 6.07) is 5.30. The van der Waals surface area contributed by atoms with Crippen molar-refractivity contribution in [1.82, 2.24) is 10.2 Å². The molecule has 2 N–H and O–H groups in total. The minimum Gasteiger partial charge on any atom is -0.397 e. The van der Waals surface area contributed by atoms with Crippen LogP contribution in [0.2, 0.25) is 10.0 Å². The summed E-state index contributed by atoms with van der Waals surface area (Å²) in [6.07, 6.45) is 3.09. The first-order valence-electron chi connectivity index (χ1n) is 4.20. The van der Waals surface area contributed by atoms with Crippen molar-refractivity contribution in [3.63, 3.8) is 0 Å². The molecule has 76 valence electrons. The molecule has 0 fully saturated rings. The molecular formula is C10H7Cl2N3. The van der Waals surface area contributed by atoms with Crippen molar-refractivity contribution in [2.45, 2.75) is 0 Å². The zero-order valence-corrected chi connectivity index (χ0v) is 9.13. The first kappa shape index (κ1) is 10.2. The average Bonchev–Trinajstić information content (AvgIpc) is 2.23. The Hall–Kier alpha value is -1.32. The average molecular weight is 240 g/mol. The fourth-order valence-corrected chi connectivity index (χ4v) is 1.53. The zero-order valence-electron chi connectivity index (χ0n) is 7.61. The molecule has 0 amide bonds. The van der Waals surface area contributed by atoms with E-state index in [1.54, 1.807) is 18.3 Å². The van der Waals surface area contributed by atoms with Crippen LogP contribution < -0.4 is 5.73 Å². The Bertz CT molecular complexity index is 500. The molecule has 0 aliphatic rings. The molecule has 1 aromatic carbocycles. The second-order valence-corrected chi connectivity index (χ2v) is 3.80. The Morgan fingerprint density at radius 2 is 1.73 bits per heavy atom. The van der Waals surface area contributed by atoms with Crippen molar-refractivity contribution >= 4 is 28.9 Å². The van der Waals surface area contributed by atoms with Crippen LogP contribution in [0.15, 0.2) is 30.6 Å². The number of halogens is 2. The van der Waals surface area contributed by atoms with Crippen molar-refractivity contribution in [2.75, 3.05) is 5.73 Å². The van der Waals surface area contributed by atoms with Crippen LogP contribution in [0, 0.1) is 0 Å². The van der Waals surface area contributed by atoms with Crippen molar-refractivity contribution in [2.24, 2.45) is 0 Å². The van der Waals surface area contributed by atoms with Crippen LogP contribution in [-0.4, -0.2) is 10.2 Å². The Balaban J connectivity index is 2.55. The fourth-order valence-electron chi connectivity index (χ4n) is 1.24. The summed E-state index contributed by atoms with van der Waals surface area (Å²) in [5.41, 5.74) is 7.99. The van der Waals surface area contributed by atoms with Gasteiger partial charge in [0.1, 0.15) is 0 Å². The lowest BCUT2D eigenvalue weighted by atomic mass is 10.1. The molecule has 0 bridgehead atoms. The number of nitrogens with two attached hydrogens (primary N) is 1. The van der Waals surface area contributed by atoms with Crippen LogP contribution in [0.5, 0.6) is 0 Å². The number of nitrogen functional groups attached to an aromatic ring is 1. The quantitative estimate of drug-likeness (QED) is 0.833. The second-order valence-electron chi connectivity index (χ2n) is 2.99. The largest absolute Gasteiger partial charge is 0.397 e. The Labute approximate surface area is 96.8 Å². The summed E-state index contributed by atoms with van der Waals surface area (Å²) in [5, 5.41) is 8.45. The monoisotopic (exact) mass is 239 g/mol. The molecule has 1 heterocycles. The van der Waals surface area contributed by atoms with E-state index in [4.69, 9.17) is 28.9 Å². The van der Waals surface area contributed by atoms with Gasteiger partial charge in [0, 0.05) is 5.56 Å².